The van der Waals surface area contributed by atoms with E-state index in [0.29, 0.717) is 18.5 Å². The predicted molar refractivity (Wildman–Crippen MR) is 95.6 cm³/mol. The van der Waals surface area contributed by atoms with Crippen LogP contribution in [0, 0.1) is 5.41 Å². The predicted octanol–water partition coefficient (Wildman–Crippen LogP) is 3.95. The van der Waals surface area contributed by atoms with Gasteiger partial charge in [0.1, 0.15) is 5.75 Å². The molecule has 5 heteroatoms. The summed E-state index contributed by atoms with van der Waals surface area (Å²) in [6.07, 6.45) is 2.01. The highest BCUT2D eigenvalue weighted by Crippen LogP contribution is 2.44. The molecule has 0 aliphatic heterocycles. The van der Waals surface area contributed by atoms with E-state index in [1.807, 2.05) is 42.5 Å². The molecule has 130 valence electrons. The van der Waals surface area contributed by atoms with Crippen LogP contribution in [0.4, 0.5) is 5.69 Å². The van der Waals surface area contributed by atoms with Gasteiger partial charge in [-0.15, -0.1) is 0 Å². The fraction of sp³-hybridized carbons (Fsp3) is 0.300. The maximum Gasteiger partial charge on any atom is 0.310 e. The summed E-state index contributed by atoms with van der Waals surface area (Å²) >= 11 is 0. The third-order valence-electron chi connectivity index (χ3n) is 4.83. The van der Waals surface area contributed by atoms with Crippen LogP contribution in [0.3, 0.4) is 0 Å². The smallest absolute Gasteiger partial charge is 0.310 e. The first-order chi connectivity index (χ1) is 12.0. The molecule has 1 aliphatic carbocycles. The molecule has 0 atom stereocenters. The van der Waals surface area contributed by atoms with Crippen LogP contribution in [0.1, 0.15) is 25.7 Å². The minimum Gasteiger partial charge on any atom is -0.496 e. The van der Waals surface area contributed by atoms with Crippen LogP contribution in [0.25, 0.3) is 11.1 Å². The molecule has 0 saturated heterocycles. The molecule has 2 aromatic carbocycles. The van der Waals surface area contributed by atoms with Gasteiger partial charge in [0.25, 0.3) is 0 Å². The number of aliphatic carboxylic acids is 1. The number of benzene rings is 2. The van der Waals surface area contributed by atoms with Gasteiger partial charge in [-0.3, -0.25) is 9.59 Å². The highest BCUT2D eigenvalue weighted by Gasteiger charge is 2.45. The number of carboxylic acid groups (broad SMARTS) is 1. The summed E-state index contributed by atoms with van der Waals surface area (Å²) in [6, 6.07) is 15.1. The zero-order valence-electron chi connectivity index (χ0n) is 14.1. The molecular weight excluding hydrogens is 318 g/mol. The Morgan fingerprint density at radius 3 is 2.56 bits per heavy atom. The monoisotopic (exact) mass is 339 g/mol. The van der Waals surface area contributed by atoms with E-state index in [0.717, 1.165) is 23.3 Å². The Balaban J connectivity index is 1.76. The van der Waals surface area contributed by atoms with E-state index >= 15 is 0 Å². The largest absolute Gasteiger partial charge is 0.496 e. The van der Waals surface area contributed by atoms with E-state index in [1.165, 1.54) is 0 Å². The molecule has 0 heterocycles. The van der Waals surface area contributed by atoms with Crippen LogP contribution in [0.2, 0.25) is 0 Å². The normalized spacial score (nSPS) is 15.1. The summed E-state index contributed by atoms with van der Waals surface area (Å²) in [7, 11) is 1.62. The maximum atomic E-state index is 12.3. The second-order valence-electron chi connectivity index (χ2n) is 6.45. The van der Waals surface area contributed by atoms with Crippen molar-refractivity contribution >= 4 is 17.6 Å². The van der Waals surface area contributed by atoms with Gasteiger partial charge in [-0.25, -0.2) is 0 Å². The number of anilines is 1. The average molecular weight is 339 g/mol. The van der Waals surface area contributed by atoms with E-state index in [2.05, 4.69) is 5.32 Å². The molecule has 5 nitrogen and oxygen atoms in total. The first kappa shape index (κ1) is 17.0. The van der Waals surface area contributed by atoms with Crippen molar-refractivity contribution < 1.29 is 19.4 Å². The molecule has 1 aliphatic rings. The van der Waals surface area contributed by atoms with Gasteiger partial charge in [-0.2, -0.15) is 0 Å². The fourth-order valence-corrected chi connectivity index (χ4v) is 3.23. The van der Waals surface area contributed by atoms with Crippen molar-refractivity contribution in [3.63, 3.8) is 0 Å². The molecule has 1 fully saturated rings. The lowest BCUT2D eigenvalue weighted by Gasteiger charge is -2.36. The first-order valence-corrected chi connectivity index (χ1v) is 8.31. The maximum absolute atomic E-state index is 12.3. The number of carboxylic acids is 1. The quantitative estimate of drug-likeness (QED) is 0.836. The van der Waals surface area contributed by atoms with Gasteiger partial charge in [-0.1, -0.05) is 36.8 Å². The van der Waals surface area contributed by atoms with Crippen molar-refractivity contribution in [2.45, 2.75) is 25.7 Å². The van der Waals surface area contributed by atoms with Gasteiger partial charge in [0.05, 0.1) is 12.5 Å². The molecule has 3 rings (SSSR count). The third-order valence-corrected chi connectivity index (χ3v) is 4.83. The van der Waals surface area contributed by atoms with E-state index < -0.39 is 11.4 Å². The molecule has 0 radical (unpaired) electrons. The molecule has 25 heavy (non-hydrogen) atoms. The molecule has 0 aromatic heterocycles. The standard InChI is InChI=1S/C20H21NO4/c1-25-17-9-3-2-8-16(17)14-6-4-7-15(12-14)21-18(22)13-20(19(23)24)10-5-11-20/h2-4,6-9,12H,5,10-11,13H2,1H3,(H,21,22)(H,23,24). The summed E-state index contributed by atoms with van der Waals surface area (Å²) in [4.78, 5) is 23.7. The molecule has 0 bridgehead atoms. The van der Waals surface area contributed by atoms with Crippen molar-refractivity contribution in [2.24, 2.45) is 5.41 Å². The van der Waals surface area contributed by atoms with E-state index in [-0.39, 0.29) is 12.3 Å². The van der Waals surface area contributed by atoms with Gasteiger partial charge < -0.3 is 15.2 Å². The van der Waals surface area contributed by atoms with Crippen LogP contribution in [-0.4, -0.2) is 24.1 Å². The summed E-state index contributed by atoms with van der Waals surface area (Å²) in [5.74, 6) is -0.388. The molecule has 2 N–H and O–H groups in total. The zero-order valence-corrected chi connectivity index (χ0v) is 14.1. The SMILES string of the molecule is COc1ccccc1-c1cccc(NC(=O)CC2(C(=O)O)CCC2)c1. The lowest BCUT2D eigenvalue weighted by atomic mass is 9.66. The number of ether oxygens (including phenoxy) is 1. The van der Waals surface area contributed by atoms with Crippen molar-refractivity contribution in [1.82, 2.24) is 0 Å². The second kappa shape index (κ2) is 6.97. The van der Waals surface area contributed by atoms with Crippen LogP contribution in [-0.2, 0) is 9.59 Å². The Bertz CT molecular complexity index is 796. The summed E-state index contributed by atoms with van der Waals surface area (Å²) in [5, 5.41) is 12.2. The van der Waals surface area contributed by atoms with Crippen LogP contribution in [0.5, 0.6) is 5.75 Å². The van der Waals surface area contributed by atoms with Crippen LogP contribution >= 0.6 is 0 Å². The highest BCUT2D eigenvalue weighted by atomic mass is 16.5. The number of amides is 1. The average Bonchev–Trinajstić information content (AvgIpc) is 2.58. The Morgan fingerprint density at radius 1 is 1.16 bits per heavy atom. The van der Waals surface area contributed by atoms with E-state index in [4.69, 9.17) is 4.74 Å². The topological polar surface area (TPSA) is 75.6 Å². The van der Waals surface area contributed by atoms with Gasteiger partial charge >= 0.3 is 5.97 Å². The summed E-state index contributed by atoms with van der Waals surface area (Å²) in [6.45, 7) is 0. The molecule has 0 unspecified atom stereocenters. The van der Waals surface area contributed by atoms with E-state index in [1.54, 1.807) is 13.2 Å². The summed E-state index contributed by atoms with van der Waals surface area (Å²) < 4.78 is 5.38. The number of hydrogen-bond acceptors (Lipinski definition) is 3. The molecular formula is C20H21NO4. The van der Waals surface area contributed by atoms with E-state index in [9.17, 15) is 14.7 Å². The van der Waals surface area contributed by atoms with Gasteiger partial charge in [0.2, 0.25) is 5.91 Å². The molecule has 1 saturated carbocycles. The number of carbonyl (C=O) groups excluding carboxylic acids is 1. The molecule has 1 amide bonds. The minimum absolute atomic E-state index is 0.0151. The number of rotatable bonds is 6. The fourth-order valence-electron chi connectivity index (χ4n) is 3.23. The zero-order chi connectivity index (χ0) is 17.9. The van der Waals surface area contributed by atoms with Gasteiger partial charge in [-0.05, 0) is 36.6 Å². The number of hydrogen-bond donors (Lipinski definition) is 2. The van der Waals surface area contributed by atoms with Crippen LogP contribution < -0.4 is 10.1 Å². The van der Waals surface area contributed by atoms with Crippen molar-refractivity contribution in [3.05, 3.63) is 48.5 Å². The lowest BCUT2D eigenvalue weighted by Crippen LogP contribution is -2.41. The Kier molecular flexibility index (Phi) is 4.74. The number of nitrogens with one attached hydrogen (secondary N) is 1. The van der Waals surface area contributed by atoms with Gasteiger partial charge in [0.15, 0.2) is 0 Å². The van der Waals surface area contributed by atoms with Crippen molar-refractivity contribution in [1.29, 1.82) is 0 Å². The number of carbonyl (C=O) groups is 2. The number of methoxy groups -OCH3 is 1. The Labute approximate surface area is 146 Å². The minimum atomic E-state index is -0.885. The first-order valence-electron chi connectivity index (χ1n) is 8.31. The molecule has 2 aromatic rings. The van der Waals surface area contributed by atoms with Crippen molar-refractivity contribution in [3.8, 4) is 16.9 Å². The summed E-state index contributed by atoms with van der Waals surface area (Å²) in [5.41, 5.74) is 1.62. The highest BCUT2D eigenvalue weighted by molar-refractivity contribution is 5.95. The second-order valence-corrected chi connectivity index (χ2v) is 6.45. The molecule has 0 spiro atoms. The van der Waals surface area contributed by atoms with Crippen LogP contribution in [0.15, 0.2) is 48.5 Å². The Hall–Kier alpha value is -2.82. The lowest BCUT2D eigenvalue weighted by molar-refractivity contribution is -0.157. The third kappa shape index (κ3) is 3.50. The Morgan fingerprint density at radius 2 is 1.92 bits per heavy atom. The van der Waals surface area contributed by atoms with Gasteiger partial charge in [0, 0.05) is 17.7 Å². The number of para-hydroxylation sites is 1. The van der Waals surface area contributed by atoms with Crippen molar-refractivity contribution in [2.75, 3.05) is 12.4 Å².